The molecule has 0 spiro atoms. The molecular formula is C23H24Cl2FNO2. The first kappa shape index (κ1) is 23.0. The van der Waals surface area contributed by atoms with Crippen LogP contribution in [-0.2, 0) is 13.2 Å². The second-order valence-electron chi connectivity index (χ2n) is 6.49. The standard InChI is InChI=1S/C23H23ClFNO2.ClH/c1-16(17-7-4-3-5-8-17)26-14-18-9-6-10-22(27-2)23(18)28-15-19-11-12-20(25)13-21(19)24;/h3-13,16,26H,14-15H2,1-2H3;1H. The van der Waals surface area contributed by atoms with Crippen LogP contribution < -0.4 is 14.8 Å². The molecule has 0 saturated carbocycles. The summed E-state index contributed by atoms with van der Waals surface area (Å²) in [5.74, 6) is 0.925. The van der Waals surface area contributed by atoms with E-state index in [4.69, 9.17) is 21.1 Å². The Hall–Kier alpha value is -2.27. The van der Waals surface area contributed by atoms with Crippen molar-refractivity contribution in [2.45, 2.75) is 26.1 Å². The lowest BCUT2D eigenvalue weighted by atomic mass is 10.1. The summed E-state index contributed by atoms with van der Waals surface area (Å²) in [5, 5.41) is 3.85. The summed E-state index contributed by atoms with van der Waals surface area (Å²) in [6.45, 7) is 2.95. The van der Waals surface area contributed by atoms with Gasteiger partial charge in [0.05, 0.1) is 12.1 Å². The molecule has 3 rings (SSSR count). The molecule has 0 amide bonds. The first-order valence-electron chi connectivity index (χ1n) is 9.09. The van der Waals surface area contributed by atoms with Gasteiger partial charge < -0.3 is 14.8 Å². The van der Waals surface area contributed by atoms with Crippen molar-refractivity contribution in [1.29, 1.82) is 0 Å². The molecule has 1 N–H and O–H groups in total. The van der Waals surface area contributed by atoms with E-state index in [1.54, 1.807) is 13.2 Å². The molecule has 0 bridgehead atoms. The van der Waals surface area contributed by atoms with Gasteiger partial charge >= 0.3 is 0 Å². The maximum Gasteiger partial charge on any atom is 0.166 e. The number of ether oxygens (including phenoxy) is 2. The molecule has 0 fully saturated rings. The van der Waals surface area contributed by atoms with Gasteiger partial charge in [-0.2, -0.15) is 0 Å². The number of nitrogens with one attached hydrogen (secondary N) is 1. The van der Waals surface area contributed by atoms with E-state index in [1.807, 2.05) is 36.4 Å². The molecule has 0 aliphatic rings. The summed E-state index contributed by atoms with van der Waals surface area (Å²) in [4.78, 5) is 0. The van der Waals surface area contributed by atoms with Gasteiger partial charge in [-0.05, 0) is 30.7 Å². The minimum Gasteiger partial charge on any atom is -0.493 e. The van der Waals surface area contributed by atoms with Gasteiger partial charge in [-0.3, -0.25) is 0 Å². The van der Waals surface area contributed by atoms with Crippen LogP contribution in [0.5, 0.6) is 11.5 Å². The number of hydrogen-bond acceptors (Lipinski definition) is 3. The largest absolute Gasteiger partial charge is 0.493 e. The second kappa shape index (κ2) is 11.1. The van der Waals surface area contributed by atoms with Crippen molar-refractivity contribution in [3.8, 4) is 11.5 Å². The van der Waals surface area contributed by atoms with Gasteiger partial charge in [0, 0.05) is 23.7 Å². The van der Waals surface area contributed by atoms with E-state index >= 15 is 0 Å². The van der Waals surface area contributed by atoms with Gasteiger partial charge in [0.15, 0.2) is 11.5 Å². The zero-order chi connectivity index (χ0) is 19.9. The Bertz CT molecular complexity index is 922. The first-order valence-corrected chi connectivity index (χ1v) is 9.47. The Morgan fingerprint density at radius 3 is 2.45 bits per heavy atom. The zero-order valence-electron chi connectivity index (χ0n) is 16.3. The summed E-state index contributed by atoms with van der Waals surface area (Å²) in [5.41, 5.74) is 2.90. The smallest absolute Gasteiger partial charge is 0.166 e. The number of benzene rings is 3. The van der Waals surface area contributed by atoms with Crippen LogP contribution in [0.3, 0.4) is 0 Å². The molecule has 0 saturated heterocycles. The minimum absolute atomic E-state index is 0. The molecule has 0 aliphatic carbocycles. The van der Waals surface area contributed by atoms with E-state index in [-0.39, 0.29) is 30.9 Å². The summed E-state index contributed by atoms with van der Waals surface area (Å²) < 4.78 is 24.8. The maximum atomic E-state index is 13.3. The Labute approximate surface area is 182 Å². The number of methoxy groups -OCH3 is 1. The van der Waals surface area contributed by atoms with Crippen molar-refractivity contribution in [3.05, 3.63) is 94.3 Å². The van der Waals surface area contributed by atoms with Gasteiger partial charge in [0.2, 0.25) is 0 Å². The molecule has 154 valence electrons. The number of halogens is 3. The Morgan fingerprint density at radius 2 is 1.76 bits per heavy atom. The predicted molar refractivity (Wildman–Crippen MR) is 118 cm³/mol. The number of hydrogen-bond donors (Lipinski definition) is 1. The Morgan fingerprint density at radius 1 is 1.00 bits per heavy atom. The molecule has 0 radical (unpaired) electrons. The van der Waals surface area contributed by atoms with Crippen molar-refractivity contribution in [2.75, 3.05) is 7.11 Å². The molecule has 3 nitrogen and oxygen atoms in total. The fraction of sp³-hybridized carbons (Fsp3) is 0.217. The third-order valence-electron chi connectivity index (χ3n) is 4.57. The van der Waals surface area contributed by atoms with E-state index in [9.17, 15) is 4.39 Å². The normalized spacial score (nSPS) is 11.4. The molecule has 1 unspecified atom stereocenters. The molecule has 0 heterocycles. The van der Waals surface area contributed by atoms with Gasteiger partial charge in [0.25, 0.3) is 0 Å². The molecule has 6 heteroatoms. The van der Waals surface area contributed by atoms with E-state index in [0.717, 1.165) is 5.56 Å². The molecule has 1 atom stereocenters. The van der Waals surface area contributed by atoms with Gasteiger partial charge in [0.1, 0.15) is 12.4 Å². The fourth-order valence-electron chi connectivity index (χ4n) is 2.94. The SMILES string of the molecule is COc1cccc(CNC(C)c2ccccc2)c1OCc1ccc(F)cc1Cl.Cl. The summed E-state index contributed by atoms with van der Waals surface area (Å²) >= 11 is 6.12. The van der Waals surface area contributed by atoms with E-state index in [1.165, 1.54) is 17.7 Å². The minimum atomic E-state index is -0.370. The summed E-state index contributed by atoms with van der Waals surface area (Å²) in [7, 11) is 1.61. The molecule has 3 aromatic carbocycles. The van der Waals surface area contributed by atoms with Crippen LogP contribution in [-0.4, -0.2) is 7.11 Å². The number of para-hydroxylation sites is 1. The Kier molecular flexibility index (Phi) is 8.77. The van der Waals surface area contributed by atoms with Crippen molar-refractivity contribution < 1.29 is 13.9 Å². The van der Waals surface area contributed by atoms with Gasteiger partial charge in [-0.15, -0.1) is 12.4 Å². The molecule has 0 aliphatic heterocycles. The lowest BCUT2D eigenvalue weighted by Crippen LogP contribution is -2.18. The van der Waals surface area contributed by atoms with Crippen LogP contribution in [0, 0.1) is 5.82 Å². The summed E-state index contributed by atoms with van der Waals surface area (Å²) in [6.07, 6.45) is 0. The van der Waals surface area contributed by atoms with Gasteiger partial charge in [-0.1, -0.05) is 60.1 Å². The average molecular weight is 436 g/mol. The summed E-state index contributed by atoms with van der Waals surface area (Å²) in [6, 6.07) is 20.5. The maximum absolute atomic E-state index is 13.3. The van der Waals surface area contributed by atoms with Crippen LogP contribution in [0.4, 0.5) is 4.39 Å². The van der Waals surface area contributed by atoms with Crippen LogP contribution >= 0.6 is 24.0 Å². The zero-order valence-corrected chi connectivity index (χ0v) is 17.9. The molecule has 3 aromatic rings. The highest BCUT2D eigenvalue weighted by Crippen LogP contribution is 2.33. The van der Waals surface area contributed by atoms with Crippen LogP contribution in [0.25, 0.3) is 0 Å². The van der Waals surface area contributed by atoms with Crippen molar-refractivity contribution in [3.63, 3.8) is 0 Å². The van der Waals surface area contributed by atoms with Crippen molar-refractivity contribution in [2.24, 2.45) is 0 Å². The lowest BCUT2D eigenvalue weighted by molar-refractivity contribution is 0.280. The van der Waals surface area contributed by atoms with Crippen LogP contribution in [0.2, 0.25) is 5.02 Å². The fourth-order valence-corrected chi connectivity index (χ4v) is 3.16. The van der Waals surface area contributed by atoms with Crippen LogP contribution in [0.1, 0.15) is 29.7 Å². The quantitative estimate of drug-likeness (QED) is 0.447. The van der Waals surface area contributed by atoms with Gasteiger partial charge in [-0.25, -0.2) is 4.39 Å². The third-order valence-corrected chi connectivity index (χ3v) is 4.92. The highest BCUT2D eigenvalue weighted by Gasteiger charge is 2.13. The van der Waals surface area contributed by atoms with Crippen molar-refractivity contribution >= 4 is 24.0 Å². The van der Waals surface area contributed by atoms with E-state index in [0.29, 0.717) is 28.6 Å². The second-order valence-corrected chi connectivity index (χ2v) is 6.89. The molecular weight excluding hydrogens is 412 g/mol. The molecule has 0 aromatic heterocycles. The van der Waals surface area contributed by atoms with Crippen LogP contribution in [0.15, 0.2) is 66.7 Å². The third kappa shape index (κ3) is 6.10. The van der Waals surface area contributed by atoms with Crippen molar-refractivity contribution in [1.82, 2.24) is 5.32 Å². The highest BCUT2D eigenvalue weighted by atomic mass is 35.5. The Balaban J connectivity index is 0.00000300. The predicted octanol–water partition coefficient (Wildman–Crippen LogP) is 6.34. The first-order chi connectivity index (χ1) is 13.6. The van der Waals surface area contributed by atoms with E-state index in [2.05, 4.69) is 24.4 Å². The van der Waals surface area contributed by atoms with E-state index < -0.39 is 0 Å². The number of rotatable bonds is 8. The average Bonchev–Trinajstić information content (AvgIpc) is 2.72. The monoisotopic (exact) mass is 435 g/mol. The topological polar surface area (TPSA) is 30.5 Å². The lowest BCUT2D eigenvalue weighted by Gasteiger charge is -2.18. The highest BCUT2D eigenvalue weighted by molar-refractivity contribution is 6.31. The molecule has 29 heavy (non-hydrogen) atoms.